The lowest BCUT2D eigenvalue weighted by atomic mass is 9.89. The van der Waals surface area contributed by atoms with Gasteiger partial charge in [-0.25, -0.2) is 0 Å². The normalized spacial score (nSPS) is 25.0. The van der Waals surface area contributed by atoms with Crippen LogP contribution in [0.15, 0.2) is 24.3 Å². The predicted octanol–water partition coefficient (Wildman–Crippen LogP) is 3.53. The van der Waals surface area contributed by atoms with E-state index in [2.05, 4.69) is 16.0 Å². The molecular formula is C20H29N3O2. The zero-order valence-electron chi connectivity index (χ0n) is 15.2. The molecule has 3 rings (SSSR count). The number of anilines is 2. The Morgan fingerprint density at radius 1 is 1.00 bits per heavy atom. The van der Waals surface area contributed by atoms with E-state index in [0.29, 0.717) is 36.8 Å². The predicted molar refractivity (Wildman–Crippen MR) is 100 cm³/mol. The van der Waals surface area contributed by atoms with Crippen molar-refractivity contribution in [3.63, 3.8) is 0 Å². The second-order valence-corrected chi connectivity index (χ2v) is 7.95. The molecule has 2 saturated heterocycles. The molecule has 136 valence electrons. The van der Waals surface area contributed by atoms with Crippen molar-refractivity contribution < 1.29 is 9.59 Å². The number of benzene rings is 1. The van der Waals surface area contributed by atoms with E-state index in [1.807, 2.05) is 38.1 Å². The third-order valence-electron chi connectivity index (χ3n) is 5.09. The maximum atomic E-state index is 12.3. The molecule has 2 aliphatic heterocycles. The highest BCUT2D eigenvalue weighted by atomic mass is 16.2. The van der Waals surface area contributed by atoms with Gasteiger partial charge in [-0.3, -0.25) is 9.59 Å². The van der Waals surface area contributed by atoms with Crippen LogP contribution in [-0.2, 0) is 9.59 Å². The molecule has 25 heavy (non-hydrogen) atoms. The standard InChI is InChI=1S/C20H29N3O2/c1-13(2)9-19(24)22-15-3-5-16(6-4-15)23-20(25)12-14-10-17-7-8-18(11-14)21-17/h3-6,13-14,17-18,21H,7-12H2,1-2H3,(H,22,24)(H,23,25). The van der Waals surface area contributed by atoms with Crippen molar-refractivity contribution >= 4 is 23.2 Å². The number of hydrogen-bond donors (Lipinski definition) is 3. The first-order valence-corrected chi connectivity index (χ1v) is 9.43. The molecule has 2 aliphatic rings. The molecule has 2 bridgehead atoms. The van der Waals surface area contributed by atoms with Crippen LogP contribution in [0.2, 0.25) is 0 Å². The van der Waals surface area contributed by atoms with E-state index >= 15 is 0 Å². The van der Waals surface area contributed by atoms with Crippen LogP contribution in [0.1, 0.15) is 52.4 Å². The molecule has 0 aromatic heterocycles. The Morgan fingerprint density at radius 2 is 1.52 bits per heavy atom. The van der Waals surface area contributed by atoms with Crippen LogP contribution in [-0.4, -0.2) is 23.9 Å². The van der Waals surface area contributed by atoms with Gasteiger partial charge in [0.05, 0.1) is 0 Å². The first-order valence-electron chi connectivity index (χ1n) is 9.43. The molecule has 0 spiro atoms. The lowest BCUT2D eigenvalue weighted by molar-refractivity contribution is -0.118. The summed E-state index contributed by atoms with van der Waals surface area (Å²) in [6.45, 7) is 4.04. The van der Waals surface area contributed by atoms with E-state index in [9.17, 15) is 9.59 Å². The molecule has 5 nitrogen and oxygen atoms in total. The molecule has 0 aliphatic carbocycles. The lowest BCUT2D eigenvalue weighted by Crippen LogP contribution is -2.39. The van der Waals surface area contributed by atoms with Crippen LogP contribution in [0.5, 0.6) is 0 Å². The van der Waals surface area contributed by atoms with Crippen LogP contribution >= 0.6 is 0 Å². The van der Waals surface area contributed by atoms with E-state index in [-0.39, 0.29) is 11.8 Å². The molecule has 2 heterocycles. The first kappa shape index (κ1) is 17.9. The molecule has 2 fully saturated rings. The van der Waals surface area contributed by atoms with Gasteiger partial charge < -0.3 is 16.0 Å². The molecule has 5 heteroatoms. The molecule has 2 amide bonds. The minimum atomic E-state index is 0.0207. The Morgan fingerprint density at radius 3 is 2.04 bits per heavy atom. The van der Waals surface area contributed by atoms with Gasteiger partial charge in [-0.2, -0.15) is 0 Å². The van der Waals surface area contributed by atoms with Crippen LogP contribution in [0.3, 0.4) is 0 Å². The summed E-state index contributed by atoms with van der Waals surface area (Å²) in [4.78, 5) is 24.1. The van der Waals surface area contributed by atoms with Crippen molar-refractivity contribution in [3.05, 3.63) is 24.3 Å². The average molecular weight is 343 g/mol. The molecular weight excluding hydrogens is 314 g/mol. The van der Waals surface area contributed by atoms with Gasteiger partial charge in [0.25, 0.3) is 0 Å². The first-order chi connectivity index (χ1) is 12.0. The summed E-state index contributed by atoms with van der Waals surface area (Å²) >= 11 is 0. The Bertz CT molecular complexity index is 600. The average Bonchev–Trinajstić information content (AvgIpc) is 2.87. The highest BCUT2D eigenvalue weighted by molar-refractivity contribution is 5.93. The van der Waals surface area contributed by atoms with Crippen LogP contribution in [0, 0.1) is 11.8 Å². The van der Waals surface area contributed by atoms with Crippen LogP contribution in [0.25, 0.3) is 0 Å². The number of rotatable bonds is 6. The fourth-order valence-electron chi connectivity index (χ4n) is 4.04. The van der Waals surface area contributed by atoms with Crippen molar-refractivity contribution in [3.8, 4) is 0 Å². The summed E-state index contributed by atoms with van der Waals surface area (Å²) in [6.07, 6.45) is 5.85. The van der Waals surface area contributed by atoms with Crippen LogP contribution in [0.4, 0.5) is 11.4 Å². The summed E-state index contributed by atoms with van der Waals surface area (Å²) in [7, 11) is 0. The van der Waals surface area contributed by atoms with Gasteiger partial charge in [0.2, 0.25) is 11.8 Å². The van der Waals surface area contributed by atoms with Gasteiger partial charge in [0.15, 0.2) is 0 Å². The third-order valence-corrected chi connectivity index (χ3v) is 5.09. The third kappa shape index (κ3) is 5.30. The summed E-state index contributed by atoms with van der Waals surface area (Å²) in [6, 6.07) is 8.58. The Hall–Kier alpha value is -1.88. The monoisotopic (exact) mass is 343 g/mol. The molecule has 0 radical (unpaired) electrons. The molecule has 0 saturated carbocycles. The second kappa shape index (κ2) is 8.00. The van der Waals surface area contributed by atoms with Crippen molar-refractivity contribution in [1.82, 2.24) is 5.32 Å². The van der Waals surface area contributed by atoms with Gasteiger partial charge >= 0.3 is 0 Å². The number of carbonyl (C=O) groups excluding carboxylic acids is 2. The SMILES string of the molecule is CC(C)CC(=O)Nc1ccc(NC(=O)CC2CC3CCC(C2)N3)cc1. The Kier molecular flexibility index (Phi) is 5.74. The molecule has 1 aromatic carbocycles. The smallest absolute Gasteiger partial charge is 0.224 e. The number of piperidine rings is 1. The van der Waals surface area contributed by atoms with E-state index < -0.39 is 0 Å². The molecule has 2 unspecified atom stereocenters. The fourth-order valence-corrected chi connectivity index (χ4v) is 4.04. The zero-order chi connectivity index (χ0) is 17.8. The van der Waals surface area contributed by atoms with E-state index in [0.717, 1.165) is 24.2 Å². The maximum absolute atomic E-state index is 12.3. The molecule has 3 N–H and O–H groups in total. The number of hydrogen-bond acceptors (Lipinski definition) is 3. The maximum Gasteiger partial charge on any atom is 0.224 e. The summed E-state index contributed by atoms with van der Waals surface area (Å²) < 4.78 is 0. The van der Waals surface area contributed by atoms with E-state index in [1.54, 1.807) is 0 Å². The van der Waals surface area contributed by atoms with Gasteiger partial charge in [-0.05, 0) is 61.8 Å². The number of carbonyl (C=O) groups is 2. The topological polar surface area (TPSA) is 70.2 Å². The van der Waals surface area contributed by atoms with Gasteiger partial charge in [0.1, 0.15) is 0 Å². The molecule has 2 atom stereocenters. The highest BCUT2D eigenvalue weighted by Gasteiger charge is 2.34. The van der Waals surface area contributed by atoms with E-state index in [1.165, 1.54) is 12.8 Å². The van der Waals surface area contributed by atoms with Crippen LogP contribution < -0.4 is 16.0 Å². The van der Waals surface area contributed by atoms with Crippen molar-refractivity contribution in [2.75, 3.05) is 10.6 Å². The van der Waals surface area contributed by atoms with Gasteiger partial charge in [-0.1, -0.05) is 13.8 Å². The molecule has 1 aromatic rings. The fraction of sp³-hybridized carbons (Fsp3) is 0.600. The summed E-state index contributed by atoms with van der Waals surface area (Å²) in [5, 5.41) is 9.47. The second-order valence-electron chi connectivity index (χ2n) is 7.95. The quantitative estimate of drug-likeness (QED) is 0.740. The minimum absolute atomic E-state index is 0.0207. The van der Waals surface area contributed by atoms with Gasteiger partial charge in [-0.15, -0.1) is 0 Å². The minimum Gasteiger partial charge on any atom is -0.326 e. The van der Waals surface area contributed by atoms with Crippen molar-refractivity contribution in [1.29, 1.82) is 0 Å². The van der Waals surface area contributed by atoms with Crippen molar-refractivity contribution in [2.24, 2.45) is 11.8 Å². The lowest BCUT2D eigenvalue weighted by Gasteiger charge is -2.28. The zero-order valence-corrected chi connectivity index (χ0v) is 15.2. The van der Waals surface area contributed by atoms with E-state index in [4.69, 9.17) is 0 Å². The number of amides is 2. The highest BCUT2D eigenvalue weighted by Crippen LogP contribution is 2.32. The number of fused-ring (bicyclic) bond motifs is 2. The Labute approximate surface area is 150 Å². The summed E-state index contributed by atoms with van der Waals surface area (Å²) in [5.41, 5.74) is 1.54. The number of nitrogens with one attached hydrogen (secondary N) is 3. The largest absolute Gasteiger partial charge is 0.326 e. The van der Waals surface area contributed by atoms with Gasteiger partial charge in [0, 0.05) is 36.3 Å². The summed E-state index contributed by atoms with van der Waals surface area (Å²) in [5.74, 6) is 0.937. The van der Waals surface area contributed by atoms with Crippen molar-refractivity contribution in [2.45, 2.75) is 64.5 Å². The Balaban J connectivity index is 1.46.